The van der Waals surface area contributed by atoms with Crippen LogP contribution in [0.25, 0.3) is 0 Å². The van der Waals surface area contributed by atoms with E-state index in [1.165, 1.54) is 0 Å². The first kappa shape index (κ1) is 14.4. The first-order valence-electron chi connectivity index (χ1n) is 6.11. The number of hydrogen-bond donors (Lipinski definition) is 2. The summed E-state index contributed by atoms with van der Waals surface area (Å²) < 4.78 is 0. The zero-order chi connectivity index (χ0) is 15.6. The zero-order valence-electron chi connectivity index (χ0n) is 11.5. The van der Waals surface area contributed by atoms with Crippen molar-refractivity contribution < 1.29 is 14.8 Å². The summed E-state index contributed by atoms with van der Waals surface area (Å²) in [6.07, 6.45) is 1.03. The Bertz CT molecular complexity index is 708. The van der Waals surface area contributed by atoms with E-state index in [1.54, 1.807) is 0 Å². The number of carbonyl (C=O) groups is 1. The van der Waals surface area contributed by atoms with E-state index in [4.69, 9.17) is 0 Å². The second-order valence-electron chi connectivity index (χ2n) is 4.54. The molecule has 0 amide bonds. The van der Waals surface area contributed by atoms with Gasteiger partial charge in [0, 0.05) is 11.8 Å². The van der Waals surface area contributed by atoms with Crippen molar-refractivity contribution in [2.45, 2.75) is 13.8 Å². The molecule has 0 fully saturated rings. The van der Waals surface area contributed by atoms with Crippen LogP contribution in [0.1, 0.15) is 21.5 Å². The Morgan fingerprint density at radius 3 is 2.48 bits per heavy atom. The minimum atomic E-state index is -1.28. The summed E-state index contributed by atoms with van der Waals surface area (Å²) >= 11 is 0. The van der Waals surface area contributed by atoms with Crippen LogP contribution in [0.4, 0.5) is 17.2 Å². The molecule has 0 radical (unpaired) electrons. The Morgan fingerprint density at radius 2 is 1.95 bits per heavy atom. The highest BCUT2D eigenvalue weighted by atomic mass is 16.6. The van der Waals surface area contributed by atoms with Crippen molar-refractivity contribution in [3.63, 3.8) is 0 Å². The van der Waals surface area contributed by atoms with Gasteiger partial charge in [0.2, 0.25) is 0 Å². The Labute approximate surface area is 120 Å². The van der Waals surface area contributed by atoms with Crippen molar-refractivity contribution in [1.29, 1.82) is 0 Å². The topological polar surface area (TPSA) is 105 Å². The summed E-state index contributed by atoms with van der Waals surface area (Å²) in [5.74, 6) is -1.20. The smallest absolute Gasteiger partial charge is 0.339 e. The van der Waals surface area contributed by atoms with Crippen LogP contribution in [0.3, 0.4) is 0 Å². The number of nitrogens with one attached hydrogen (secondary N) is 1. The summed E-state index contributed by atoms with van der Waals surface area (Å²) in [4.78, 5) is 25.1. The minimum Gasteiger partial charge on any atom is -0.478 e. The molecule has 108 valence electrons. The van der Waals surface area contributed by atoms with Crippen molar-refractivity contribution in [2.24, 2.45) is 0 Å². The molecule has 7 heteroatoms. The van der Waals surface area contributed by atoms with Crippen LogP contribution >= 0.6 is 0 Å². The van der Waals surface area contributed by atoms with Crippen LogP contribution in [0.15, 0.2) is 30.5 Å². The fraction of sp³-hybridized carbons (Fsp3) is 0.143. The summed E-state index contributed by atoms with van der Waals surface area (Å²) in [6, 6.07) is 6.63. The number of carboxylic acids is 1. The van der Waals surface area contributed by atoms with Gasteiger partial charge in [-0.25, -0.2) is 9.78 Å². The van der Waals surface area contributed by atoms with Crippen LogP contribution in [0, 0.1) is 24.0 Å². The number of carboxylic acid groups (broad SMARTS) is 1. The van der Waals surface area contributed by atoms with Crippen LogP contribution in [-0.4, -0.2) is 21.0 Å². The van der Waals surface area contributed by atoms with E-state index in [0.717, 1.165) is 29.1 Å². The van der Waals surface area contributed by atoms with Crippen LogP contribution < -0.4 is 5.32 Å². The molecule has 0 saturated heterocycles. The molecular formula is C14H13N3O4. The first-order valence-corrected chi connectivity index (χ1v) is 6.11. The molecule has 0 saturated carbocycles. The number of nitro groups is 1. The van der Waals surface area contributed by atoms with Crippen molar-refractivity contribution in [3.05, 3.63) is 57.3 Å². The maximum Gasteiger partial charge on any atom is 0.339 e. The molecule has 0 atom stereocenters. The lowest BCUT2D eigenvalue weighted by Crippen LogP contribution is -2.07. The molecule has 0 spiro atoms. The van der Waals surface area contributed by atoms with E-state index >= 15 is 0 Å². The maximum absolute atomic E-state index is 11.3. The molecule has 7 nitrogen and oxygen atoms in total. The van der Waals surface area contributed by atoms with Gasteiger partial charge in [-0.2, -0.15) is 0 Å². The number of aromatic carboxylic acids is 1. The normalized spacial score (nSPS) is 10.2. The molecule has 2 rings (SSSR count). The van der Waals surface area contributed by atoms with E-state index in [9.17, 15) is 20.0 Å². The van der Waals surface area contributed by atoms with E-state index in [-0.39, 0.29) is 17.1 Å². The lowest BCUT2D eigenvalue weighted by atomic mass is 10.1. The number of nitrogens with zero attached hydrogens (tertiary/aromatic N) is 2. The molecular weight excluding hydrogens is 274 g/mol. The third kappa shape index (κ3) is 2.97. The van der Waals surface area contributed by atoms with Crippen molar-refractivity contribution in [2.75, 3.05) is 5.32 Å². The number of aryl methyl sites for hydroxylation is 2. The van der Waals surface area contributed by atoms with Gasteiger partial charge in [0.1, 0.15) is 17.6 Å². The first-order chi connectivity index (χ1) is 9.90. The molecule has 2 aromatic rings. The lowest BCUT2D eigenvalue weighted by Gasteiger charge is -2.13. The molecule has 0 aliphatic heterocycles. The Hall–Kier alpha value is -2.96. The van der Waals surface area contributed by atoms with Gasteiger partial charge >= 0.3 is 5.97 Å². The zero-order valence-corrected chi connectivity index (χ0v) is 11.5. The summed E-state index contributed by atoms with van der Waals surface area (Å²) in [7, 11) is 0. The lowest BCUT2D eigenvalue weighted by molar-refractivity contribution is -0.385. The standard InChI is InChI=1S/C14H13N3O4/c1-8-4-3-5-9(2)12(8)16-13-11(14(18)19)6-10(7-15-13)17(20)21/h3-7H,1-2H3,(H,15,16)(H,18,19). The van der Waals surface area contributed by atoms with Gasteiger partial charge in [0.25, 0.3) is 5.69 Å². The van der Waals surface area contributed by atoms with Gasteiger partial charge in [-0.3, -0.25) is 10.1 Å². The molecule has 1 heterocycles. The van der Waals surface area contributed by atoms with Gasteiger partial charge < -0.3 is 10.4 Å². The van der Waals surface area contributed by atoms with Crippen molar-refractivity contribution in [1.82, 2.24) is 4.98 Å². The molecule has 2 N–H and O–H groups in total. The molecule has 0 aliphatic rings. The van der Waals surface area contributed by atoms with Crippen LogP contribution in [0.5, 0.6) is 0 Å². The largest absolute Gasteiger partial charge is 0.478 e. The summed E-state index contributed by atoms with van der Waals surface area (Å²) in [5, 5.41) is 22.8. The predicted octanol–water partition coefficient (Wildman–Crippen LogP) is 3.05. The number of hydrogen-bond acceptors (Lipinski definition) is 5. The minimum absolute atomic E-state index is 0.0745. The average molecular weight is 287 g/mol. The Balaban J connectivity index is 2.49. The number of pyridine rings is 1. The quantitative estimate of drug-likeness (QED) is 0.661. The fourth-order valence-electron chi connectivity index (χ4n) is 1.95. The number of benzene rings is 1. The molecule has 0 unspecified atom stereocenters. The SMILES string of the molecule is Cc1cccc(C)c1Nc1ncc([N+](=O)[O-])cc1C(=O)O. The van der Waals surface area contributed by atoms with E-state index in [0.29, 0.717) is 0 Å². The molecule has 21 heavy (non-hydrogen) atoms. The van der Waals surface area contributed by atoms with E-state index < -0.39 is 10.9 Å². The predicted molar refractivity (Wildman–Crippen MR) is 77.0 cm³/mol. The summed E-state index contributed by atoms with van der Waals surface area (Å²) in [5.41, 5.74) is 1.98. The van der Waals surface area contributed by atoms with E-state index in [1.807, 2.05) is 32.0 Å². The monoisotopic (exact) mass is 287 g/mol. The molecule has 1 aromatic heterocycles. The summed E-state index contributed by atoms with van der Waals surface area (Å²) in [6.45, 7) is 3.75. The van der Waals surface area contributed by atoms with Crippen molar-refractivity contribution in [3.8, 4) is 0 Å². The Kier molecular flexibility index (Phi) is 3.84. The van der Waals surface area contributed by atoms with Crippen LogP contribution in [0.2, 0.25) is 0 Å². The highest BCUT2D eigenvalue weighted by Crippen LogP contribution is 2.27. The second kappa shape index (κ2) is 5.58. The third-order valence-electron chi connectivity index (χ3n) is 3.04. The van der Waals surface area contributed by atoms with Gasteiger partial charge in [-0.15, -0.1) is 0 Å². The van der Waals surface area contributed by atoms with E-state index in [2.05, 4.69) is 10.3 Å². The fourth-order valence-corrected chi connectivity index (χ4v) is 1.95. The number of rotatable bonds is 4. The van der Waals surface area contributed by atoms with Gasteiger partial charge in [-0.1, -0.05) is 18.2 Å². The highest BCUT2D eigenvalue weighted by Gasteiger charge is 2.18. The number of para-hydroxylation sites is 1. The maximum atomic E-state index is 11.3. The molecule has 1 aromatic carbocycles. The van der Waals surface area contributed by atoms with Gasteiger partial charge in [0.05, 0.1) is 4.92 Å². The number of anilines is 2. The second-order valence-corrected chi connectivity index (χ2v) is 4.54. The van der Waals surface area contributed by atoms with Crippen molar-refractivity contribution >= 4 is 23.2 Å². The molecule has 0 bridgehead atoms. The number of aromatic nitrogens is 1. The third-order valence-corrected chi connectivity index (χ3v) is 3.04. The Morgan fingerprint density at radius 1 is 1.33 bits per heavy atom. The van der Waals surface area contributed by atoms with Crippen LogP contribution in [-0.2, 0) is 0 Å². The highest BCUT2D eigenvalue weighted by molar-refractivity contribution is 5.94. The van der Waals surface area contributed by atoms with Gasteiger partial charge in [0.15, 0.2) is 0 Å². The van der Waals surface area contributed by atoms with Gasteiger partial charge in [-0.05, 0) is 25.0 Å². The molecule has 0 aliphatic carbocycles. The average Bonchev–Trinajstić information content (AvgIpc) is 2.42.